The highest BCUT2D eigenvalue weighted by molar-refractivity contribution is 6.29. The number of furan rings is 1. The molecule has 5 nitrogen and oxygen atoms in total. The number of aliphatic hydroxyl groups excluding tert-OH is 1. The van der Waals surface area contributed by atoms with Gasteiger partial charge in [0.15, 0.2) is 11.4 Å². The second kappa shape index (κ2) is 7.97. The zero-order valence-electron chi connectivity index (χ0n) is 19.9. The van der Waals surface area contributed by atoms with Gasteiger partial charge in [-0.1, -0.05) is 44.6 Å². The van der Waals surface area contributed by atoms with Gasteiger partial charge in [-0.2, -0.15) is 0 Å². The molecule has 34 heavy (non-hydrogen) atoms. The number of carbonyl (C=O) groups excluding carboxylic acids is 2. The number of esters is 1. The summed E-state index contributed by atoms with van der Waals surface area (Å²) in [6.45, 7) is 6.10. The van der Waals surface area contributed by atoms with Crippen molar-refractivity contribution in [1.29, 1.82) is 0 Å². The molecule has 8 atom stereocenters. The van der Waals surface area contributed by atoms with Crippen molar-refractivity contribution in [2.75, 3.05) is 5.88 Å². The second-order valence-corrected chi connectivity index (χ2v) is 12.0. The molecular weight excluding hydrogens is 475 g/mol. The van der Waals surface area contributed by atoms with Crippen LogP contribution in [-0.2, 0) is 9.53 Å². The van der Waals surface area contributed by atoms with Crippen molar-refractivity contribution in [3.8, 4) is 0 Å². The zero-order chi connectivity index (χ0) is 24.5. The standard InChI is InChI=1S/C27H32Cl2O5/c1-16-13-19-18-10-9-17-7-4-5-11-24(17,2)26(18,29)21(30)14-25(19,3)27(16,22(31)15-28)34-23(32)20-8-6-12-33-20/h4-8,12,16,18-19,21,30H,9-11,13-15H2,1-3H3/t16-,18+,19+,21+,24+,25+,26+,27+/m1/s1. The van der Waals surface area contributed by atoms with Gasteiger partial charge in [0, 0.05) is 16.7 Å². The van der Waals surface area contributed by atoms with Gasteiger partial charge in [0.1, 0.15) is 0 Å². The maximum absolute atomic E-state index is 13.6. The van der Waals surface area contributed by atoms with Gasteiger partial charge in [-0.3, -0.25) is 4.79 Å². The Morgan fingerprint density at radius 1 is 1.29 bits per heavy atom. The molecular formula is C27H32Cl2O5. The van der Waals surface area contributed by atoms with Crippen LogP contribution in [0.5, 0.6) is 0 Å². The fraction of sp³-hybridized carbons (Fsp3) is 0.630. The number of ketones is 1. The van der Waals surface area contributed by atoms with Crippen molar-refractivity contribution in [2.24, 2.45) is 28.6 Å². The molecule has 184 valence electrons. The lowest BCUT2D eigenvalue weighted by Crippen LogP contribution is -2.69. The molecule has 0 unspecified atom stereocenters. The third kappa shape index (κ3) is 2.84. The van der Waals surface area contributed by atoms with Crippen molar-refractivity contribution in [3.05, 3.63) is 48.0 Å². The van der Waals surface area contributed by atoms with Gasteiger partial charge in [-0.25, -0.2) is 4.79 Å². The van der Waals surface area contributed by atoms with E-state index in [1.165, 1.54) is 17.9 Å². The summed E-state index contributed by atoms with van der Waals surface area (Å²) in [4.78, 5) is 25.8. The second-order valence-electron chi connectivity index (χ2n) is 11.1. The Morgan fingerprint density at radius 2 is 2.06 bits per heavy atom. The first-order chi connectivity index (χ1) is 16.1. The Bertz CT molecular complexity index is 1060. The van der Waals surface area contributed by atoms with Crippen LogP contribution in [0.3, 0.4) is 0 Å². The van der Waals surface area contributed by atoms with Crippen LogP contribution in [0.4, 0.5) is 0 Å². The fourth-order valence-electron chi connectivity index (χ4n) is 8.27. The molecule has 3 fully saturated rings. The molecule has 0 bridgehead atoms. The summed E-state index contributed by atoms with van der Waals surface area (Å²) in [5.41, 5.74) is -1.37. The molecule has 0 aliphatic heterocycles. The van der Waals surface area contributed by atoms with Gasteiger partial charge in [0.05, 0.1) is 23.1 Å². The monoisotopic (exact) mass is 506 g/mol. The predicted octanol–water partition coefficient (Wildman–Crippen LogP) is 5.69. The van der Waals surface area contributed by atoms with Gasteiger partial charge >= 0.3 is 5.97 Å². The van der Waals surface area contributed by atoms with Crippen LogP contribution in [-0.4, -0.2) is 39.3 Å². The largest absolute Gasteiger partial charge is 0.457 e. The number of rotatable bonds is 4. The van der Waals surface area contributed by atoms with Gasteiger partial charge < -0.3 is 14.3 Å². The Kier molecular flexibility index (Phi) is 5.66. The number of fused-ring (bicyclic) bond motifs is 5. The number of carbonyl (C=O) groups is 2. The molecule has 1 aromatic rings. The van der Waals surface area contributed by atoms with Crippen molar-refractivity contribution in [1.82, 2.24) is 0 Å². The molecule has 1 aromatic heterocycles. The number of halogens is 2. The molecule has 7 heteroatoms. The van der Waals surface area contributed by atoms with Crippen LogP contribution >= 0.6 is 23.2 Å². The summed E-state index contributed by atoms with van der Waals surface area (Å²) in [7, 11) is 0. The fourth-order valence-corrected chi connectivity index (χ4v) is 9.00. The number of allylic oxidation sites excluding steroid dienone is 4. The SMILES string of the molecule is C[C@@H]1C[C@H]2[C@@H]3CCC4=CC=CC[C@]4(C)[C@@]3(Cl)[C@@H](O)C[C@]2(C)[C@@]1(OC(=O)c1ccco1)C(=O)CCl. The Balaban J connectivity index is 1.61. The average molecular weight is 507 g/mol. The number of aliphatic hydroxyl groups is 1. The van der Waals surface area contributed by atoms with Crippen LogP contribution in [0, 0.1) is 28.6 Å². The first-order valence-corrected chi connectivity index (χ1v) is 13.1. The summed E-state index contributed by atoms with van der Waals surface area (Å²) >= 11 is 13.7. The molecule has 4 aliphatic rings. The van der Waals surface area contributed by atoms with E-state index in [0.29, 0.717) is 6.42 Å². The van der Waals surface area contributed by atoms with Crippen LogP contribution in [0.15, 0.2) is 46.6 Å². The average Bonchev–Trinajstić information content (AvgIpc) is 3.41. The highest BCUT2D eigenvalue weighted by Crippen LogP contribution is 2.72. The van der Waals surface area contributed by atoms with E-state index >= 15 is 0 Å². The van der Waals surface area contributed by atoms with E-state index in [2.05, 4.69) is 25.2 Å². The third-order valence-electron chi connectivity index (χ3n) is 9.85. The van der Waals surface area contributed by atoms with Crippen molar-refractivity contribution in [2.45, 2.75) is 69.5 Å². The van der Waals surface area contributed by atoms with E-state index in [9.17, 15) is 14.7 Å². The lowest BCUT2D eigenvalue weighted by atomic mass is 9.45. The molecule has 3 saturated carbocycles. The quantitative estimate of drug-likeness (QED) is 0.419. The molecule has 0 radical (unpaired) electrons. The van der Waals surface area contributed by atoms with Crippen molar-refractivity contribution >= 4 is 35.0 Å². The number of alkyl halides is 2. The van der Waals surface area contributed by atoms with Crippen LogP contribution in [0.1, 0.15) is 63.4 Å². The minimum atomic E-state index is -1.47. The molecule has 1 heterocycles. The number of Topliss-reactive ketones (excluding diaryl/α,β-unsaturated/α-hetero) is 1. The first kappa shape index (κ1) is 24.1. The molecule has 5 rings (SSSR count). The normalized spacial score (nSPS) is 45.1. The molecule has 0 spiro atoms. The van der Waals surface area contributed by atoms with Crippen LogP contribution in [0.25, 0.3) is 0 Å². The maximum Gasteiger partial charge on any atom is 0.375 e. The predicted molar refractivity (Wildman–Crippen MR) is 130 cm³/mol. The lowest BCUT2D eigenvalue weighted by molar-refractivity contribution is -0.179. The minimum Gasteiger partial charge on any atom is -0.457 e. The lowest BCUT2D eigenvalue weighted by Gasteiger charge is -2.64. The van der Waals surface area contributed by atoms with Crippen molar-refractivity contribution in [3.63, 3.8) is 0 Å². The van der Waals surface area contributed by atoms with Crippen molar-refractivity contribution < 1.29 is 23.8 Å². The van der Waals surface area contributed by atoms with E-state index in [4.69, 9.17) is 32.4 Å². The van der Waals surface area contributed by atoms with Gasteiger partial charge in [0.2, 0.25) is 5.76 Å². The zero-order valence-corrected chi connectivity index (χ0v) is 21.4. The van der Waals surface area contributed by atoms with Crippen LogP contribution < -0.4 is 0 Å². The first-order valence-electron chi connectivity index (χ1n) is 12.2. The molecule has 0 amide bonds. The minimum absolute atomic E-state index is 0.00995. The van der Waals surface area contributed by atoms with E-state index in [0.717, 1.165) is 19.3 Å². The smallest absolute Gasteiger partial charge is 0.375 e. The van der Waals surface area contributed by atoms with E-state index in [1.807, 2.05) is 13.8 Å². The number of hydrogen-bond acceptors (Lipinski definition) is 5. The summed E-state index contributed by atoms with van der Waals surface area (Å²) in [5, 5.41) is 11.8. The molecule has 1 N–H and O–H groups in total. The molecule has 0 saturated heterocycles. The summed E-state index contributed by atoms with van der Waals surface area (Å²) < 4.78 is 11.4. The number of hydrogen-bond donors (Lipinski definition) is 1. The summed E-state index contributed by atoms with van der Waals surface area (Å²) in [5.74, 6) is -1.58. The van der Waals surface area contributed by atoms with Gasteiger partial charge in [0.25, 0.3) is 0 Å². The Labute approximate surface area is 210 Å². The summed E-state index contributed by atoms with van der Waals surface area (Å²) in [6, 6.07) is 3.13. The number of ether oxygens (including phenoxy) is 1. The topological polar surface area (TPSA) is 76.7 Å². The van der Waals surface area contributed by atoms with E-state index < -0.39 is 28.0 Å². The van der Waals surface area contributed by atoms with Crippen LogP contribution in [0.2, 0.25) is 0 Å². The Morgan fingerprint density at radius 3 is 2.74 bits per heavy atom. The highest BCUT2D eigenvalue weighted by atomic mass is 35.5. The third-order valence-corrected chi connectivity index (χ3v) is 11.0. The highest BCUT2D eigenvalue weighted by Gasteiger charge is 2.76. The Hall–Kier alpha value is -1.56. The molecule has 0 aromatic carbocycles. The van der Waals surface area contributed by atoms with E-state index in [1.54, 1.807) is 6.07 Å². The summed E-state index contributed by atoms with van der Waals surface area (Å²) in [6.07, 6.45) is 10.3. The van der Waals surface area contributed by atoms with Gasteiger partial charge in [-0.15, -0.1) is 23.2 Å². The van der Waals surface area contributed by atoms with Gasteiger partial charge in [-0.05, 0) is 56.1 Å². The van der Waals surface area contributed by atoms with E-state index in [-0.39, 0.29) is 47.0 Å². The maximum atomic E-state index is 13.6. The molecule has 4 aliphatic carbocycles.